The number of hydrogen-bond acceptors (Lipinski definition) is 3. The molecule has 0 amide bonds. The molecule has 0 spiro atoms. The number of guanidine groups is 1. The molecule has 0 atom stereocenters. The number of rotatable bonds is 3. The van der Waals surface area contributed by atoms with Crippen LogP contribution in [0.2, 0.25) is 0 Å². The lowest BCUT2D eigenvalue weighted by molar-refractivity contribution is 0.966. The highest BCUT2D eigenvalue weighted by atomic mass is 15.3. The SMILES string of the molecule is CN(C)c1ccc(NC(=NC2CC2)NN)cc1. The van der Waals surface area contributed by atoms with Crippen molar-refractivity contribution >= 4 is 17.3 Å². The first-order valence-corrected chi connectivity index (χ1v) is 5.78. The van der Waals surface area contributed by atoms with E-state index in [9.17, 15) is 0 Å². The van der Waals surface area contributed by atoms with E-state index in [1.54, 1.807) is 0 Å². The van der Waals surface area contributed by atoms with Gasteiger partial charge in [-0.3, -0.25) is 5.43 Å². The Balaban J connectivity index is 2.01. The predicted molar refractivity (Wildman–Crippen MR) is 72.2 cm³/mol. The van der Waals surface area contributed by atoms with Crippen LogP contribution in [0.5, 0.6) is 0 Å². The van der Waals surface area contributed by atoms with Crippen molar-refractivity contribution in [2.45, 2.75) is 18.9 Å². The summed E-state index contributed by atoms with van der Waals surface area (Å²) in [6, 6.07) is 8.56. The Labute approximate surface area is 102 Å². The second-order valence-corrected chi connectivity index (χ2v) is 4.42. The van der Waals surface area contributed by atoms with Gasteiger partial charge in [0.05, 0.1) is 6.04 Å². The molecule has 0 aliphatic heterocycles. The van der Waals surface area contributed by atoms with Crippen molar-refractivity contribution < 1.29 is 0 Å². The van der Waals surface area contributed by atoms with Gasteiger partial charge in [-0.05, 0) is 37.1 Å². The van der Waals surface area contributed by atoms with Crippen LogP contribution in [0, 0.1) is 0 Å². The van der Waals surface area contributed by atoms with E-state index in [4.69, 9.17) is 5.84 Å². The van der Waals surface area contributed by atoms with Gasteiger partial charge in [-0.25, -0.2) is 10.8 Å². The molecule has 5 heteroatoms. The third kappa shape index (κ3) is 3.35. The van der Waals surface area contributed by atoms with Crippen LogP contribution in [0.4, 0.5) is 11.4 Å². The second-order valence-electron chi connectivity index (χ2n) is 4.42. The molecule has 1 aromatic carbocycles. The van der Waals surface area contributed by atoms with E-state index in [2.05, 4.69) is 20.6 Å². The van der Waals surface area contributed by atoms with E-state index in [1.807, 2.05) is 38.4 Å². The van der Waals surface area contributed by atoms with E-state index in [1.165, 1.54) is 0 Å². The van der Waals surface area contributed by atoms with Gasteiger partial charge in [0, 0.05) is 25.5 Å². The highest BCUT2D eigenvalue weighted by Crippen LogP contribution is 2.23. The molecule has 5 nitrogen and oxygen atoms in total. The summed E-state index contributed by atoms with van der Waals surface area (Å²) in [4.78, 5) is 6.48. The summed E-state index contributed by atoms with van der Waals surface area (Å²) < 4.78 is 0. The van der Waals surface area contributed by atoms with Gasteiger partial charge in [0.2, 0.25) is 5.96 Å². The summed E-state index contributed by atoms with van der Waals surface area (Å²) in [5, 5.41) is 3.16. The van der Waals surface area contributed by atoms with Crippen molar-refractivity contribution in [2.24, 2.45) is 10.8 Å². The van der Waals surface area contributed by atoms with Crippen LogP contribution < -0.4 is 21.5 Å². The molecule has 1 saturated carbocycles. The summed E-state index contributed by atoms with van der Waals surface area (Å²) in [7, 11) is 4.04. The average molecular weight is 233 g/mol. The molecular formula is C12H19N5. The summed E-state index contributed by atoms with van der Waals surface area (Å²) >= 11 is 0. The summed E-state index contributed by atoms with van der Waals surface area (Å²) in [5.41, 5.74) is 4.73. The highest BCUT2D eigenvalue weighted by molar-refractivity contribution is 5.93. The highest BCUT2D eigenvalue weighted by Gasteiger charge is 2.20. The lowest BCUT2D eigenvalue weighted by Crippen LogP contribution is -2.36. The first-order valence-electron chi connectivity index (χ1n) is 5.78. The van der Waals surface area contributed by atoms with Crippen molar-refractivity contribution in [2.75, 3.05) is 24.3 Å². The van der Waals surface area contributed by atoms with Crippen molar-refractivity contribution in [1.29, 1.82) is 0 Å². The zero-order valence-corrected chi connectivity index (χ0v) is 10.3. The molecule has 1 aliphatic rings. The van der Waals surface area contributed by atoms with Crippen molar-refractivity contribution in [3.05, 3.63) is 24.3 Å². The summed E-state index contributed by atoms with van der Waals surface area (Å²) in [6.07, 6.45) is 2.32. The zero-order valence-electron chi connectivity index (χ0n) is 10.3. The van der Waals surface area contributed by atoms with Crippen LogP contribution >= 0.6 is 0 Å². The molecule has 2 rings (SSSR count). The minimum Gasteiger partial charge on any atom is -0.378 e. The molecule has 1 aromatic rings. The third-order valence-corrected chi connectivity index (χ3v) is 2.64. The second kappa shape index (κ2) is 5.05. The van der Waals surface area contributed by atoms with Crippen LogP contribution in [0.1, 0.15) is 12.8 Å². The van der Waals surface area contributed by atoms with Crippen LogP contribution in [-0.4, -0.2) is 26.1 Å². The number of nitrogens with one attached hydrogen (secondary N) is 2. The summed E-state index contributed by atoms with van der Waals surface area (Å²) in [5.74, 6) is 6.05. The monoisotopic (exact) mass is 233 g/mol. The predicted octanol–water partition coefficient (Wildman–Crippen LogP) is 1.15. The molecule has 0 aromatic heterocycles. The molecule has 0 heterocycles. The van der Waals surface area contributed by atoms with Gasteiger partial charge in [-0.15, -0.1) is 0 Å². The van der Waals surface area contributed by atoms with Gasteiger partial charge in [0.1, 0.15) is 0 Å². The smallest absolute Gasteiger partial charge is 0.210 e. The Morgan fingerprint density at radius 3 is 2.41 bits per heavy atom. The zero-order chi connectivity index (χ0) is 12.3. The van der Waals surface area contributed by atoms with Gasteiger partial charge < -0.3 is 10.2 Å². The van der Waals surface area contributed by atoms with E-state index < -0.39 is 0 Å². The Hall–Kier alpha value is -1.75. The molecule has 4 N–H and O–H groups in total. The van der Waals surface area contributed by atoms with Gasteiger partial charge in [0.15, 0.2) is 0 Å². The van der Waals surface area contributed by atoms with E-state index in [0.717, 1.165) is 24.2 Å². The Morgan fingerprint density at radius 1 is 1.29 bits per heavy atom. The Kier molecular flexibility index (Phi) is 3.49. The number of hydrogen-bond donors (Lipinski definition) is 3. The maximum absolute atomic E-state index is 5.42. The number of nitrogens with two attached hydrogens (primary N) is 1. The Morgan fingerprint density at radius 2 is 1.94 bits per heavy atom. The van der Waals surface area contributed by atoms with Gasteiger partial charge in [-0.2, -0.15) is 0 Å². The lowest BCUT2D eigenvalue weighted by Gasteiger charge is -2.14. The fraction of sp³-hybridized carbons (Fsp3) is 0.417. The molecular weight excluding hydrogens is 214 g/mol. The van der Waals surface area contributed by atoms with Crippen molar-refractivity contribution in [1.82, 2.24) is 5.43 Å². The topological polar surface area (TPSA) is 65.7 Å². The quantitative estimate of drug-likeness (QED) is 0.317. The van der Waals surface area contributed by atoms with E-state index >= 15 is 0 Å². The molecule has 0 bridgehead atoms. The van der Waals surface area contributed by atoms with E-state index in [0.29, 0.717) is 12.0 Å². The minimum atomic E-state index is 0.439. The molecule has 1 fully saturated rings. The normalized spacial score (nSPS) is 15.6. The van der Waals surface area contributed by atoms with Gasteiger partial charge in [-0.1, -0.05) is 0 Å². The number of anilines is 2. The lowest BCUT2D eigenvalue weighted by atomic mass is 10.2. The van der Waals surface area contributed by atoms with Gasteiger partial charge >= 0.3 is 0 Å². The fourth-order valence-electron chi connectivity index (χ4n) is 1.47. The maximum atomic E-state index is 5.42. The molecule has 0 radical (unpaired) electrons. The molecule has 1 aliphatic carbocycles. The van der Waals surface area contributed by atoms with Crippen LogP contribution in [0.3, 0.4) is 0 Å². The Bertz CT molecular complexity index is 392. The number of hydrazine groups is 1. The molecule has 0 saturated heterocycles. The van der Waals surface area contributed by atoms with Gasteiger partial charge in [0.25, 0.3) is 0 Å². The van der Waals surface area contributed by atoms with E-state index in [-0.39, 0.29) is 0 Å². The number of aliphatic imine (C=N–C) groups is 1. The number of nitrogens with zero attached hydrogens (tertiary/aromatic N) is 2. The molecule has 17 heavy (non-hydrogen) atoms. The molecule has 92 valence electrons. The van der Waals surface area contributed by atoms with Crippen molar-refractivity contribution in [3.8, 4) is 0 Å². The standard InChI is InChI=1S/C12H19N5/c1-17(2)11-7-5-10(6-8-11)15-12(16-13)14-9-3-4-9/h5-9H,3-4,13H2,1-2H3,(H2,14,15,16). The average Bonchev–Trinajstić information content (AvgIpc) is 3.13. The number of benzene rings is 1. The third-order valence-electron chi connectivity index (χ3n) is 2.64. The fourth-order valence-corrected chi connectivity index (χ4v) is 1.47. The minimum absolute atomic E-state index is 0.439. The first-order chi connectivity index (χ1) is 8.19. The first kappa shape index (κ1) is 11.7. The van der Waals surface area contributed by atoms with Crippen LogP contribution in [0.25, 0.3) is 0 Å². The van der Waals surface area contributed by atoms with Crippen LogP contribution in [-0.2, 0) is 0 Å². The molecule has 0 unspecified atom stereocenters. The largest absolute Gasteiger partial charge is 0.378 e. The van der Waals surface area contributed by atoms with Crippen LogP contribution in [0.15, 0.2) is 29.3 Å². The summed E-state index contributed by atoms with van der Waals surface area (Å²) in [6.45, 7) is 0. The maximum Gasteiger partial charge on any atom is 0.210 e. The van der Waals surface area contributed by atoms with Crippen molar-refractivity contribution in [3.63, 3.8) is 0 Å².